The Hall–Kier alpha value is -0.950. The number of thioether (sulfide) groups is 1. The molecule has 0 fully saturated rings. The van der Waals surface area contributed by atoms with Crippen LogP contribution in [0.25, 0.3) is 0 Å². The number of hydrogen-bond acceptors (Lipinski definition) is 3. The average Bonchev–Trinajstić information content (AvgIpc) is 2.35. The lowest BCUT2D eigenvalue weighted by Crippen LogP contribution is -2.26. The predicted octanol–water partition coefficient (Wildman–Crippen LogP) is 3.82. The molecular formula is C13H17F3N2S2. The molecule has 0 aromatic heterocycles. The van der Waals surface area contributed by atoms with Crippen LogP contribution in [0.2, 0.25) is 0 Å². The van der Waals surface area contributed by atoms with E-state index >= 15 is 0 Å². The van der Waals surface area contributed by atoms with Crippen LogP contribution < -0.4 is 10.6 Å². The number of benzene rings is 1. The largest absolute Gasteiger partial charge is 0.390 e. The van der Waals surface area contributed by atoms with Gasteiger partial charge in [0, 0.05) is 29.7 Å². The quantitative estimate of drug-likeness (QED) is 0.637. The SMILES string of the molecule is CCSc1cccc(N(C)CCC(F)(F)F)c1C(N)=S. The maximum atomic E-state index is 12.3. The lowest BCUT2D eigenvalue weighted by molar-refractivity contribution is -0.132. The number of anilines is 1. The van der Waals surface area contributed by atoms with E-state index in [1.807, 2.05) is 13.0 Å². The molecule has 0 aliphatic rings. The number of hydrogen-bond donors (Lipinski definition) is 1. The third-order valence-corrected chi connectivity index (χ3v) is 3.84. The van der Waals surface area contributed by atoms with Crippen LogP contribution in [0.15, 0.2) is 23.1 Å². The molecule has 0 amide bonds. The second kappa shape index (κ2) is 7.17. The molecule has 0 saturated carbocycles. The Bertz CT molecular complexity index is 475. The standard InChI is InChI=1S/C13H17F3N2S2/c1-3-20-10-6-4-5-9(11(10)12(17)19)18(2)8-7-13(14,15)16/h4-6H,3,7-8H2,1-2H3,(H2,17,19). The molecule has 2 nitrogen and oxygen atoms in total. The lowest BCUT2D eigenvalue weighted by atomic mass is 10.1. The van der Waals surface area contributed by atoms with Crippen molar-refractivity contribution in [1.29, 1.82) is 0 Å². The molecule has 0 bridgehead atoms. The highest BCUT2D eigenvalue weighted by molar-refractivity contribution is 7.99. The monoisotopic (exact) mass is 322 g/mol. The van der Waals surface area contributed by atoms with Crippen molar-refractivity contribution in [2.75, 3.05) is 24.2 Å². The van der Waals surface area contributed by atoms with Gasteiger partial charge in [0.1, 0.15) is 4.99 Å². The molecule has 0 atom stereocenters. The van der Waals surface area contributed by atoms with E-state index in [4.69, 9.17) is 18.0 Å². The van der Waals surface area contributed by atoms with Gasteiger partial charge in [-0.3, -0.25) is 0 Å². The molecule has 1 aromatic rings. The van der Waals surface area contributed by atoms with Gasteiger partial charge in [0.25, 0.3) is 0 Å². The normalized spacial score (nSPS) is 11.4. The van der Waals surface area contributed by atoms with Gasteiger partial charge in [-0.05, 0) is 17.9 Å². The summed E-state index contributed by atoms with van der Waals surface area (Å²) in [7, 11) is 1.61. The van der Waals surface area contributed by atoms with Gasteiger partial charge in [0.15, 0.2) is 0 Å². The minimum absolute atomic E-state index is 0.126. The van der Waals surface area contributed by atoms with Gasteiger partial charge in [-0.1, -0.05) is 25.2 Å². The molecule has 2 N–H and O–H groups in total. The zero-order valence-electron chi connectivity index (χ0n) is 11.3. The highest BCUT2D eigenvalue weighted by Crippen LogP contribution is 2.31. The van der Waals surface area contributed by atoms with Crippen LogP contribution in [0.5, 0.6) is 0 Å². The van der Waals surface area contributed by atoms with Crippen molar-refractivity contribution in [3.63, 3.8) is 0 Å². The van der Waals surface area contributed by atoms with Crippen molar-refractivity contribution < 1.29 is 13.2 Å². The molecular weight excluding hydrogens is 305 g/mol. The summed E-state index contributed by atoms with van der Waals surface area (Å²) in [4.78, 5) is 2.65. The third-order valence-electron chi connectivity index (χ3n) is 2.69. The molecule has 7 heteroatoms. The molecule has 0 saturated heterocycles. The number of nitrogens with zero attached hydrogens (tertiary/aromatic N) is 1. The number of nitrogens with two attached hydrogens (primary N) is 1. The van der Waals surface area contributed by atoms with Gasteiger partial charge in [0.05, 0.1) is 6.42 Å². The van der Waals surface area contributed by atoms with Crippen molar-refractivity contribution in [2.45, 2.75) is 24.4 Å². The van der Waals surface area contributed by atoms with Crippen LogP contribution in [-0.2, 0) is 0 Å². The summed E-state index contributed by atoms with van der Waals surface area (Å²) in [5.74, 6) is 0.839. The molecule has 0 unspecified atom stereocenters. The van der Waals surface area contributed by atoms with Crippen molar-refractivity contribution >= 4 is 34.7 Å². The first-order valence-corrected chi connectivity index (χ1v) is 7.49. The summed E-state index contributed by atoms with van der Waals surface area (Å²) in [6.07, 6.45) is -5.04. The van der Waals surface area contributed by atoms with E-state index in [1.165, 1.54) is 0 Å². The van der Waals surface area contributed by atoms with E-state index in [1.54, 1.807) is 35.8 Å². The summed E-state index contributed by atoms with van der Waals surface area (Å²) in [5.41, 5.74) is 7.03. The lowest BCUT2D eigenvalue weighted by Gasteiger charge is -2.24. The summed E-state index contributed by atoms with van der Waals surface area (Å²) in [5, 5.41) is 0. The van der Waals surface area contributed by atoms with Crippen molar-refractivity contribution in [1.82, 2.24) is 0 Å². The fraction of sp³-hybridized carbons (Fsp3) is 0.462. The zero-order chi connectivity index (χ0) is 15.3. The number of rotatable bonds is 6. The molecule has 20 heavy (non-hydrogen) atoms. The van der Waals surface area contributed by atoms with Crippen molar-refractivity contribution in [2.24, 2.45) is 5.73 Å². The van der Waals surface area contributed by atoms with Crippen LogP contribution in [0.1, 0.15) is 18.9 Å². The summed E-state index contributed by atoms with van der Waals surface area (Å²) >= 11 is 6.61. The molecule has 0 spiro atoms. The van der Waals surface area contributed by atoms with Crippen LogP contribution in [0, 0.1) is 0 Å². The Morgan fingerprint density at radius 1 is 1.40 bits per heavy atom. The fourth-order valence-electron chi connectivity index (χ4n) is 1.78. The Kier molecular flexibility index (Phi) is 6.13. The first-order chi connectivity index (χ1) is 9.26. The summed E-state index contributed by atoms with van der Waals surface area (Å²) in [6.45, 7) is 1.87. The second-order valence-electron chi connectivity index (χ2n) is 4.23. The molecule has 0 aliphatic carbocycles. The fourth-order valence-corrected chi connectivity index (χ4v) is 2.90. The molecule has 1 aromatic carbocycles. The highest BCUT2D eigenvalue weighted by atomic mass is 32.2. The van der Waals surface area contributed by atoms with Crippen LogP contribution in [-0.4, -0.2) is 30.5 Å². The first kappa shape index (κ1) is 17.1. The Labute approximate surface area is 126 Å². The van der Waals surface area contributed by atoms with Gasteiger partial charge < -0.3 is 10.6 Å². The minimum Gasteiger partial charge on any atom is -0.389 e. The average molecular weight is 322 g/mol. The number of halogens is 3. The van der Waals surface area contributed by atoms with Gasteiger partial charge in [-0.2, -0.15) is 13.2 Å². The van der Waals surface area contributed by atoms with E-state index in [0.29, 0.717) is 11.3 Å². The second-order valence-corrected chi connectivity index (χ2v) is 5.98. The van der Waals surface area contributed by atoms with E-state index < -0.39 is 12.6 Å². The molecule has 0 aliphatic heterocycles. The smallest absolute Gasteiger partial charge is 0.389 e. The predicted molar refractivity (Wildman–Crippen MR) is 82.7 cm³/mol. The number of thiocarbonyl (C=S) groups is 1. The van der Waals surface area contributed by atoms with Crippen LogP contribution in [0.4, 0.5) is 18.9 Å². The van der Waals surface area contributed by atoms with E-state index in [9.17, 15) is 13.2 Å². The van der Waals surface area contributed by atoms with Crippen LogP contribution in [0.3, 0.4) is 0 Å². The third kappa shape index (κ3) is 4.86. The Balaban J connectivity index is 3.04. The van der Waals surface area contributed by atoms with E-state index in [0.717, 1.165) is 10.6 Å². The van der Waals surface area contributed by atoms with Gasteiger partial charge >= 0.3 is 6.18 Å². The topological polar surface area (TPSA) is 29.3 Å². The molecule has 0 radical (unpaired) electrons. The van der Waals surface area contributed by atoms with E-state index in [2.05, 4.69) is 0 Å². The molecule has 1 rings (SSSR count). The maximum Gasteiger partial charge on any atom is 0.390 e. The molecule has 0 heterocycles. The Morgan fingerprint density at radius 2 is 2.05 bits per heavy atom. The van der Waals surface area contributed by atoms with Crippen molar-refractivity contribution in [3.8, 4) is 0 Å². The minimum atomic E-state index is -4.17. The van der Waals surface area contributed by atoms with Crippen LogP contribution >= 0.6 is 24.0 Å². The van der Waals surface area contributed by atoms with Gasteiger partial charge in [-0.15, -0.1) is 11.8 Å². The Morgan fingerprint density at radius 3 is 2.55 bits per heavy atom. The highest BCUT2D eigenvalue weighted by Gasteiger charge is 2.27. The van der Waals surface area contributed by atoms with Crippen molar-refractivity contribution in [3.05, 3.63) is 23.8 Å². The van der Waals surface area contributed by atoms with Gasteiger partial charge in [0.2, 0.25) is 0 Å². The molecule has 112 valence electrons. The summed E-state index contributed by atoms with van der Waals surface area (Å²) < 4.78 is 36.9. The van der Waals surface area contributed by atoms with Gasteiger partial charge in [-0.25, -0.2) is 0 Å². The van der Waals surface area contributed by atoms with E-state index in [-0.39, 0.29) is 11.5 Å². The zero-order valence-corrected chi connectivity index (χ0v) is 13.0. The summed E-state index contributed by atoms with van der Waals surface area (Å²) in [6, 6.07) is 5.42. The maximum absolute atomic E-state index is 12.3. The number of alkyl halides is 3. The first-order valence-electron chi connectivity index (χ1n) is 6.09.